The highest BCUT2D eigenvalue weighted by atomic mass is 35.5. The first kappa shape index (κ1) is 12.9. The second kappa shape index (κ2) is 5.49. The van der Waals surface area contributed by atoms with Crippen LogP contribution in [0.4, 0.5) is 0 Å². The van der Waals surface area contributed by atoms with Crippen LogP contribution in [0.5, 0.6) is 0 Å². The maximum Gasteiger partial charge on any atom is 0.0811 e. The van der Waals surface area contributed by atoms with Crippen LogP contribution in [0.25, 0.3) is 16.9 Å². The molecular formula is C16H13ClN2O. The van der Waals surface area contributed by atoms with Gasteiger partial charge in [-0.1, -0.05) is 48.0 Å². The highest BCUT2D eigenvalue weighted by Crippen LogP contribution is 2.32. The van der Waals surface area contributed by atoms with Crippen LogP contribution in [0.1, 0.15) is 5.56 Å². The van der Waals surface area contributed by atoms with Crippen LogP contribution in [0.3, 0.4) is 0 Å². The van der Waals surface area contributed by atoms with E-state index in [1.54, 1.807) is 10.9 Å². The molecule has 0 saturated carbocycles. The van der Waals surface area contributed by atoms with Crippen LogP contribution in [-0.4, -0.2) is 14.9 Å². The van der Waals surface area contributed by atoms with Gasteiger partial charge in [0, 0.05) is 16.1 Å². The molecule has 1 aromatic heterocycles. The summed E-state index contributed by atoms with van der Waals surface area (Å²) in [5.41, 5.74) is 3.37. The van der Waals surface area contributed by atoms with Gasteiger partial charge in [-0.25, -0.2) is 4.68 Å². The Morgan fingerprint density at radius 1 is 1.00 bits per heavy atom. The maximum absolute atomic E-state index is 9.53. The van der Waals surface area contributed by atoms with Gasteiger partial charge in [0.25, 0.3) is 0 Å². The van der Waals surface area contributed by atoms with Crippen molar-refractivity contribution in [1.82, 2.24) is 9.78 Å². The zero-order chi connectivity index (χ0) is 13.9. The number of aromatic nitrogens is 2. The number of hydrogen-bond donors (Lipinski definition) is 1. The second-order valence-corrected chi connectivity index (χ2v) is 4.81. The average molecular weight is 285 g/mol. The number of nitrogens with zero attached hydrogens (tertiary/aromatic N) is 2. The van der Waals surface area contributed by atoms with Gasteiger partial charge in [-0.2, -0.15) is 5.10 Å². The summed E-state index contributed by atoms with van der Waals surface area (Å²) >= 11 is 6.28. The van der Waals surface area contributed by atoms with Gasteiger partial charge < -0.3 is 5.11 Å². The Balaban J connectivity index is 2.24. The van der Waals surface area contributed by atoms with E-state index in [1.165, 1.54) is 0 Å². The molecule has 3 aromatic rings. The third-order valence-corrected chi connectivity index (χ3v) is 3.47. The number of aliphatic hydroxyl groups excluding tert-OH is 1. The molecule has 0 aliphatic heterocycles. The van der Waals surface area contributed by atoms with Crippen molar-refractivity contribution in [3.63, 3.8) is 0 Å². The van der Waals surface area contributed by atoms with E-state index in [2.05, 4.69) is 5.10 Å². The third kappa shape index (κ3) is 2.22. The second-order valence-electron chi connectivity index (χ2n) is 4.40. The van der Waals surface area contributed by atoms with Crippen molar-refractivity contribution in [2.24, 2.45) is 0 Å². The molecule has 3 nitrogen and oxygen atoms in total. The molecule has 1 heterocycles. The summed E-state index contributed by atoms with van der Waals surface area (Å²) in [6.07, 6.45) is 1.67. The molecule has 0 aliphatic carbocycles. The molecule has 0 aliphatic rings. The van der Waals surface area contributed by atoms with Gasteiger partial charge >= 0.3 is 0 Å². The number of rotatable bonds is 3. The van der Waals surface area contributed by atoms with E-state index < -0.39 is 0 Å². The van der Waals surface area contributed by atoms with Gasteiger partial charge in [-0.15, -0.1) is 0 Å². The lowest BCUT2D eigenvalue weighted by molar-refractivity contribution is 0.282. The number of para-hydroxylation sites is 1. The van der Waals surface area contributed by atoms with E-state index in [-0.39, 0.29) is 6.61 Å². The van der Waals surface area contributed by atoms with Gasteiger partial charge in [0.15, 0.2) is 0 Å². The Kier molecular flexibility index (Phi) is 3.54. The maximum atomic E-state index is 9.53. The molecule has 0 unspecified atom stereocenters. The van der Waals surface area contributed by atoms with Crippen LogP contribution >= 0.6 is 11.6 Å². The summed E-state index contributed by atoms with van der Waals surface area (Å²) < 4.78 is 1.80. The minimum absolute atomic E-state index is 0.0760. The Labute approximate surface area is 122 Å². The molecule has 100 valence electrons. The number of halogens is 1. The first-order chi connectivity index (χ1) is 9.81. The fourth-order valence-electron chi connectivity index (χ4n) is 2.20. The Morgan fingerprint density at radius 3 is 2.40 bits per heavy atom. The standard InChI is InChI=1S/C16H13ClN2O/c17-15-9-5-4-8-14(15)16-12(11-20)10-18-19(16)13-6-2-1-3-7-13/h1-10,20H,11H2. The lowest BCUT2D eigenvalue weighted by Gasteiger charge is -2.10. The first-order valence-corrected chi connectivity index (χ1v) is 6.67. The molecule has 1 N–H and O–H groups in total. The van der Waals surface area contributed by atoms with Crippen molar-refractivity contribution >= 4 is 11.6 Å². The Hall–Kier alpha value is -2.10. The van der Waals surface area contributed by atoms with E-state index in [4.69, 9.17) is 11.6 Å². The van der Waals surface area contributed by atoms with Gasteiger partial charge in [0.1, 0.15) is 0 Å². The summed E-state index contributed by atoms with van der Waals surface area (Å²) in [6, 6.07) is 17.4. The Bertz CT molecular complexity index is 722. The zero-order valence-corrected chi connectivity index (χ0v) is 11.5. The van der Waals surface area contributed by atoms with Gasteiger partial charge in [0.2, 0.25) is 0 Å². The number of hydrogen-bond acceptors (Lipinski definition) is 2. The van der Waals surface area contributed by atoms with Crippen molar-refractivity contribution in [2.75, 3.05) is 0 Å². The molecular weight excluding hydrogens is 272 g/mol. The quantitative estimate of drug-likeness (QED) is 0.797. The van der Waals surface area contributed by atoms with Gasteiger partial charge in [-0.05, 0) is 18.2 Å². The average Bonchev–Trinajstić information content (AvgIpc) is 2.92. The third-order valence-electron chi connectivity index (χ3n) is 3.15. The van der Waals surface area contributed by atoms with Crippen molar-refractivity contribution in [3.05, 3.63) is 71.4 Å². The summed E-state index contributed by atoms with van der Waals surface area (Å²) in [7, 11) is 0. The molecule has 4 heteroatoms. The molecule has 0 bridgehead atoms. The highest BCUT2D eigenvalue weighted by Gasteiger charge is 2.15. The molecule has 0 fully saturated rings. The summed E-state index contributed by atoms with van der Waals surface area (Å²) in [4.78, 5) is 0. The summed E-state index contributed by atoms with van der Waals surface area (Å²) in [5, 5.41) is 14.5. The van der Waals surface area contributed by atoms with Crippen LogP contribution in [0, 0.1) is 0 Å². The fraction of sp³-hybridized carbons (Fsp3) is 0.0625. The van der Waals surface area contributed by atoms with Crippen molar-refractivity contribution in [3.8, 4) is 16.9 Å². The summed E-state index contributed by atoms with van der Waals surface area (Å²) in [5.74, 6) is 0. The van der Waals surface area contributed by atoms with Crippen LogP contribution in [0.2, 0.25) is 5.02 Å². The molecule has 2 aromatic carbocycles. The number of benzene rings is 2. The molecule has 0 amide bonds. The zero-order valence-electron chi connectivity index (χ0n) is 10.7. The van der Waals surface area contributed by atoms with E-state index >= 15 is 0 Å². The summed E-state index contributed by atoms with van der Waals surface area (Å²) in [6.45, 7) is -0.0760. The molecule has 0 spiro atoms. The minimum atomic E-state index is -0.0760. The van der Waals surface area contributed by atoms with E-state index in [0.29, 0.717) is 5.02 Å². The van der Waals surface area contributed by atoms with Crippen molar-refractivity contribution in [1.29, 1.82) is 0 Å². The monoisotopic (exact) mass is 284 g/mol. The van der Waals surface area contributed by atoms with E-state index in [0.717, 1.165) is 22.5 Å². The van der Waals surface area contributed by atoms with Crippen LogP contribution < -0.4 is 0 Å². The molecule has 3 rings (SSSR count). The smallest absolute Gasteiger partial charge is 0.0811 e. The van der Waals surface area contributed by atoms with Crippen LogP contribution in [-0.2, 0) is 6.61 Å². The van der Waals surface area contributed by atoms with Gasteiger partial charge in [-0.3, -0.25) is 0 Å². The fourth-order valence-corrected chi connectivity index (χ4v) is 2.43. The van der Waals surface area contributed by atoms with E-state index in [9.17, 15) is 5.11 Å². The topological polar surface area (TPSA) is 38.1 Å². The van der Waals surface area contributed by atoms with Crippen molar-refractivity contribution in [2.45, 2.75) is 6.61 Å². The molecule has 0 radical (unpaired) electrons. The normalized spacial score (nSPS) is 10.7. The molecule has 0 saturated heterocycles. The molecule has 0 atom stereocenters. The van der Waals surface area contributed by atoms with E-state index in [1.807, 2.05) is 54.6 Å². The lowest BCUT2D eigenvalue weighted by Crippen LogP contribution is -2.00. The number of aliphatic hydroxyl groups is 1. The van der Waals surface area contributed by atoms with Gasteiger partial charge in [0.05, 0.1) is 24.2 Å². The SMILES string of the molecule is OCc1cnn(-c2ccccc2)c1-c1ccccc1Cl. The van der Waals surface area contributed by atoms with Crippen molar-refractivity contribution < 1.29 is 5.11 Å². The largest absolute Gasteiger partial charge is 0.392 e. The highest BCUT2D eigenvalue weighted by molar-refractivity contribution is 6.33. The Morgan fingerprint density at radius 2 is 1.70 bits per heavy atom. The lowest BCUT2D eigenvalue weighted by atomic mass is 10.1. The molecule has 20 heavy (non-hydrogen) atoms. The van der Waals surface area contributed by atoms with Crippen LogP contribution in [0.15, 0.2) is 60.8 Å². The predicted molar refractivity (Wildman–Crippen MR) is 79.9 cm³/mol. The minimum Gasteiger partial charge on any atom is -0.392 e. The predicted octanol–water partition coefficient (Wildman–Crippen LogP) is 3.69. The first-order valence-electron chi connectivity index (χ1n) is 6.29.